The molecule has 0 N–H and O–H groups in total. The van der Waals surface area contributed by atoms with Crippen molar-refractivity contribution in [2.45, 2.75) is 39.5 Å². The molecule has 1 aromatic rings. The third-order valence-corrected chi connectivity index (χ3v) is 3.07. The van der Waals surface area contributed by atoms with Crippen LogP contribution in [-0.2, 0) is 0 Å². The fourth-order valence-electron chi connectivity index (χ4n) is 1.92. The molecule has 0 aliphatic carbocycles. The van der Waals surface area contributed by atoms with Crippen molar-refractivity contribution in [3.63, 3.8) is 0 Å². The largest absolute Gasteiger partial charge is 0.496 e. The van der Waals surface area contributed by atoms with Gasteiger partial charge in [0.25, 0.3) is 0 Å². The van der Waals surface area contributed by atoms with E-state index in [1.807, 2.05) is 12.1 Å². The zero-order valence-corrected chi connectivity index (χ0v) is 11.3. The van der Waals surface area contributed by atoms with Crippen LogP contribution in [0.5, 0.6) is 5.75 Å². The molecule has 0 saturated heterocycles. The molecule has 0 radical (unpaired) electrons. The third-order valence-electron chi connectivity index (χ3n) is 3.07. The Bertz CT molecular complexity index is 415. The Balaban J connectivity index is 3.21. The van der Waals surface area contributed by atoms with Gasteiger partial charge < -0.3 is 4.74 Å². The van der Waals surface area contributed by atoms with Crippen LogP contribution in [0.3, 0.4) is 0 Å². The minimum Gasteiger partial charge on any atom is -0.496 e. The van der Waals surface area contributed by atoms with Crippen LogP contribution >= 0.6 is 0 Å². The highest BCUT2D eigenvalue weighted by Gasteiger charge is 2.19. The van der Waals surface area contributed by atoms with Gasteiger partial charge in [0.1, 0.15) is 5.75 Å². The molecule has 0 fully saturated rings. The van der Waals surface area contributed by atoms with Gasteiger partial charge in [-0.1, -0.05) is 39.8 Å². The van der Waals surface area contributed by atoms with Gasteiger partial charge in [0.05, 0.1) is 19.1 Å². The topological polar surface area (TPSA) is 33.0 Å². The van der Waals surface area contributed by atoms with Crippen molar-refractivity contribution in [2.24, 2.45) is 5.92 Å². The van der Waals surface area contributed by atoms with Crippen molar-refractivity contribution in [1.29, 1.82) is 5.26 Å². The molecule has 1 aromatic carbocycles. The van der Waals surface area contributed by atoms with Crippen LogP contribution in [0.2, 0.25) is 0 Å². The first-order chi connectivity index (χ1) is 8.01. The van der Waals surface area contributed by atoms with Gasteiger partial charge in [0.15, 0.2) is 0 Å². The second kappa shape index (κ2) is 5.72. The van der Waals surface area contributed by atoms with E-state index in [9.17, 15) is 5.26 Å². The van der Waals surface area contributed by atoms with E-state index in [-0.39, 0.29) is 5.92 Å². The van der Waals surface area contributed by atoms with Crippen molar-refractivity contribution in [3.05, 3.63) is 29.3 Å². The molecule has 0 aromatic heterocycles. The number of methoxy groups -OCH3 is 1. The number of hydrogen-bond acceptors (Lipinski definition) is 2. The molecular weight excluding hydrogens is 210 g/mol. The first-order valence-corrected chi connectivity index (χ1v) is 6.08. The first kappa shape index (κ1) is 13.6. The van der Waals surface area contributed by atoms with E-state index in [2.05, 4.69) is 39.8 Å². The second-order valence-electron chi connectivity index (χ2n) is 5.01. The number of hydrogen-bond donors (Lipinski definition) is 0. The molecule has 0 heterocycles. The lowest BCUT2D eigenvalue weighted by Gasteiger charge is -2.18. The lowest BCUT2D eigenvalue weighted by atomic mass is 9.87. The average molecular weight is 231 g/mol. The zero-order valence-electron chi connectivity index (χ0n) is 11.3. The molecule has 0 bridgehead atoms. The van der Waals surface area contributed by atoms with E-state index < -0.39 is 0 Å². The lowest BCUT2D eigenvalue weighted by molar-refractivity contribution is 0.402. The van der Waals surface area contributed by atoms with E-state index in [1.54, 1.807) is 7.11 Å². The maximum Gasteiger partial charge on any atom is 0.123 e. The van der Waals surface area contributed by atoms with Crippen LogP contribution in [0.1, 0.15) is 50.7 Å². The smallest absolute Gasteiger partial charge is 0.123 e. The molecule has 0 amide bonds. The molecule has 0 aliphatic rings. The van der Waals surface area contributed by atoms with Crippen LogP contribution in [0, 0.1) is 17.2 Å². The van der Waals surface area contributed by atoms with E-state index in [1.165, 1.54) is 5.56 Å². The molecule has 1 atom stereocenters. The van der Waals surface area contributed by atoms with Gasteiger partial charge in [-0.05, 0) is 23.5 Å². The molecule has 2 heteroatoms. The fraction of sp³-hybridized carbons (Fsp3) is 0.533. The SMILES string of the molecule is COc1cc(C(C)C)ccc1C(C#N)C(C)C. The van der Waals surface area contributed by atoms with Crippen molar-refractivity contribution in [1.82, 2.24) is 0 Å². The van der Waals surface area contributed by atoms with Crippen molar-refractivity contribution >= 4 is 0 Å². The van der Waals surface area contributed by atoms with Crippen LogP contribution < -0.4 is 4.74 Å². The summed E-state index contributed by atoms with van der Waals surface area (Å²) in [5, 5.41) is 9.24. The van der Waals surface area contributed by atoms with Crippen LogP contribution in [-0.4, -0.2) is 7.11 Å². The summed E-state index contributed by atoms with van der Waals surface area (Å²) in [6.07, 6.45) is 0. The maximum atomic E-state index is 9.24. The van der Waals surface area contributed by atoms with E-state index >= 15 is 0 Å². The number of ether oxygens (including phenoxy) is 1. The third kappa shape index (κ3) is 3.00. The number of rotatable bonds is 4. The van der Waals surface area contributed by atoms with Gasteiger partial charge in [-0.15, -0.1) is 0 Å². The summed E-state index contributed by atoms with van der Waals surface area (Å²) in [4.78, 5) is 0. The number of nitrogens with zero attached hydrogens (tertiary/aromatic N) is 1. The molecule has 92 valence electrons. The zero-order chi connectivity index (χ0) is 13.0. The summed E-state index contributed by atoms with van der Waals surface area (Å²) in [6.45, 7) is 8.42. The van der Waals surface area contributed by atoms with Crippen LogP contribution in [0.4, 0.5) is 0 Å². The summed E-state index contributed by atoms with van der Waals surface area (Å²) in [6, 6.07) is 8.53. The highest BCUT2D eigenvalue weighted by atomic mass is 16.5. The molecule has 2 nitrogen and oxygen atoms in total. The quantitative estimate of drug-likeness (QED) is 0.782. The Hall–Kier alpha value is -1.49. The van der Waals surface area contributed by atoms with Gasteiger partial charge >= 0.3 is 0 Å². The molecule has 1 unspecified atom stereocenters. The Labute approximate surface area is 104 Å². The Morgan fingerprint density at radius 3 is 2.24 bits per heavy atom. The lowest BCUT2D eigenvalue weighted by Crippen LogP contribution is -2.06. The maximum absolute atomic E-state index is 9.24. The molecule has 1 rings (SSSR count). The van der Waals surface area contributed by atoms with E-state index in [0.717, 1.165) is 11.3 Å². The normalized spacial score (nSPS) is 12.6. The summed E-state index contributed by atoms with van der Waals surface area (Å²) >= 11 is 0. The first-order valence-electron chi connectivity index (χ1n) is 6.08. The number of nitriles is 1. The van der Waals surface area contributed by atoms with Gasteiger partial charge in [0.2, 0.25) is 0 Å². The fourth-order valence-corrected chi connectivity index (χ4v) is 1.92. The summed E-state index contributed by atoms with van der Waals surface area (Å²) < 4.78 is 5.42. The average Bonchev–Trinajstić information content (AvgIpc) is 2.29. The van der Waals surface area contributed by atoms with Crippen molar-refractivity contribution in [3.8, 4) is 11.8 Å². The molecule has 0 aliphatic heterocycles. The van der Waals surface area contributed by atoms with Gasteiger partial charge in [-0.25, -0.2) is 0 Å². The van der Waals surface area contributed by atoms with Crippen molar-refractivity contribution in [2.75, 3.05) is 7.11 Å². The standard InChI is InChI=1S/C15H21NO/c1-10(2)12-6-7-13(15(8-12)17-5)14(9-16)11(3)4/h6-8,10-11,14H,1-5H3. The highest BCUT2D eigenvalue weighted by Crippen LogP contribution is 2.33. The molecule has 17 heavy (non-hydrogen) atoms. The van der Waals surface area contributed by atoms with Crippen LogP contribution in [0.25, 0.3) is 0 Å². The van der Waals surface area contributed by atoms with Gasteiger partial charge in [0, 0.05) is 5.56 Å². The van der Waals surface area contributed by atoms with Gasteiger partial charge in [-0.2, -0.15) is 5.26 Å². The monoisotopic (exact) mass is 231 g/mol. The molecule has 0 saturated carbocycles. The van der Waals surface area contributed by atoms with Crippen molar-refractivity contribution < 1.29 is 4.74 Å². The Kier molecular flexibility index (Phi) is 4.57. The van der Waals surface area contributed by atoms with E-state index in [0.29, 0.717) is 11.8 Å². The predicted octanol–water partition coefficient (Wildman–Crippen LogP) is 4.08. The molecule has 0 spiro atoms. The highest BCUT2D eigenvalue weighted by molar-refractivity contribution is 5.43. The summed E-state index contributed by atoms with van der Waals surface area (Å²) in [5.41, 5.74) is 2.24. The summed E-state index contributed by atoms with van der Waals surface area (Å²) in [5.74, 6) is 1.49. The summed E-state index contributed by atoms with van der Waals surface area (Å²) in [7, 11) is 1.66. The Morgan fingerprint density at radius 2 is 1.82 bits per heavy atom. The minimum atomic E-state index is -0.105. The van der Waals surface area contributed by atoms with E-state index in [4.69, 9.17) is 4.74 Å². The number of benzene rings is 1. The second-order valence-corrected chi connectivity index (χ2v) is 5.01. The van der Waals surface area contributed by atoms with Gasteiger partial charge in [-0.3, -0.25) is 0 Å². The Morgan fingerprint density at radius 1 is 1.18 bits per heavy atom. The predicted molar refractivity (Wildman–Crippen MR) is 70.3 cm³/mol. The minimum absolute atomic E-state index is 0.105. The van der Waals surface area contributed by atoms with Crippen LogP contribution in [0.15, 0.2) is 18.2 Å². The molecular formula is C15H21NO.